The average Bonchev–Trinajstić information content (AvgIpc) is 4.07. The summed E-state index contributed by atoms with van der Waals surface area (Å²) in [6.45, 7) is 10.8. The van der Waals surface area contributed by atoms with E-state index in [0.717, 1.165) is 90.3 Å². The number of amides is 3. The second-order valence-corrected chi connectivity index (χ2v) is 22.1. The number of likely N-dealkylation sites (tertiary alicyclic amines) is 1. The number of anilines is 2. The van der Waals surface area contributed by atoms with Crippen molar-refractivity contribution in [2.75, 3.05) is 82.4 Å². The highest BCUT2D eigenvalue weighted by Gasteiger charge is 2.52. The lowest BCUT2D eigenvalue weighted by Crippen LogP contribution is -2.60. The molecule has 5 saturated heterocycles. The van der Waals surface area contributed by atoms with Crippen molar-refractivity contribution in [1.82, 2.24) is 40.3 Å². The number of phenols is 1. The number of phenolic OH excluding ortho intramolecular Hbond substituents is 1. The van der Waals surface area contributed by atoms with Crippen molar-refractivity contribution in [2.45, 2.75) is 102 Å². The minimum atomic E-state index is -0.654. The largest absolute Gasteiger partial charge is 0.508 e. The minimum Gasteiger partial charge on any atom is -0.508 e. The lowest BCUT2D eigenvalue weighted by Gasteiger charge is -2.55. The predicted octanol–water partition coefficient (Wildman–Crippen LogP) is 6.43. The van der Waals surface area contributed by atoms with Crippen LogP contribution in [-0.2, 0) is 16.0 Å². The minimum absolute atomic E-state index is 0.00353. The van der Waals surface area contributed by atoms with E-state index in [2.05, 4.69) is 35.2 Å². The molecule has 2 bridgehead atoms. The fourth-order valence-corrected chi connectivity index (χ4v) is 13.2. The summed E-state index contributed by atoms with van der Waals surface area (Å²) in [5, 5.41) is 18.4. The van der Waals surface area contributed by atoms with E-state index in [1.165, 1.54) is 42.7 Å². The molecule has 2 saturated carbocycles. The maximum Gasteiger partial charge on any atom is 0.319 e. The zero-order valence-corrected chi connectivity index (χ0v) is 41.3. The Kier molecular flexibility index (Phi) is 12.1. The summed E-state index contributed by atoms with van der Waals surface area (Å²) in [5.74, 6) is -1.44. The number of aryl methyl sites for hydroxylation is 1. The second kappa shape index (κ2) is 18.5. The molecule has 5 aliphatic heterocycles. The van der Waals surface area contributed by atoms with E-state index in [1.54, 1.807) is 25.4 Å². The number of fused-ring (bicyclic) bond motifs is 4. The topological polar surface area (TPSA) is 160 Å². The smallest absolute Gasteiger partial charge is 0.319 e. The van der Waals surface area contributed by atoms with E-state index < -0.39 is 17.8 Å². The molecule has 12 rings (SSSR count). The van der Waals surface area contributed by atoms with Crippen molar-refractivity contribution in [2.24, 2.45) is 10.8 Å². The fraction of sp³-hybridized carbons (Fsp3) is 0.527. The number of hydrogen-bond acceptors (Lipinski definition) is 13. The highest BCUT2D eigenvalue weighted by atomic mass is 19.1. The molecule has 3 aromatic carbocycles. The van der Waals surface area contributed by atoms with Crippen LogP contribution in [0.1, 0.15) is 87.1 Å². The zero-order valence-electron chi connectivity index (χ0n) is 41.3. The van der Waals surface area contributed by atoms with Gasteiger partial charge in [0.15, 0.2) is 5.82 Å². The standard InChI is InChI=1S/C55H64F2N10O5/c1-3-40-43(56)11-6-34-24-39(68)25-41(46(34)40)48-47(57)49-42(26-58-48)50(67-27-35-7-8-36(28-67)59-35)62-53(61-49)72-32-55(18-19-55)31-64-29-54(30-64)16-14-38(15-17-54)66-22-20-65(21-23-66)37-9-4-33(5-10-37)52(71)63(2)44-12-13-45(69)60-51(44)70/h4-6,9-11,24-26,35-36,38,44,59,68H,3,7-8,12-23,27-32H2,1-2H3,(H,60,69,70). The molecule has 3 amide bonds. The van der Waals surface area contributed by atoms with Gasteiger partial charge in [-0.2, -0.15) is 9.97 Å². The zero-order chi connectivity index (χ0) is 49.5. The normalized spacial score (nSPS) is 24.2. The van der Waals surface area contributed by atoms with Crippen LogP contribution in [0.4, 0.5) is 20.3 Å². The number of halogens is 2. The van der Waals surface area contributed by atoms with E-state index in [-0.39, 0.29) is 52.4 Å². The van der Waals surface area contributed by atoms with Gasteiger partial charge in [0.25, 0.3) is 5.91 Å². The van der Waals surface area contributed by atoms with Crippen LogP contribution < -0.4 is 25.2 Å². The molecule has 3 N–H and O–H groups in total. The fourth-order valence-electron chi connectivity index (χ4n) is 13.2. The number of likely N-dealkylation sites (N-methyl/N-ethyl adjacent to an activating group) is 1. The quantitative estimate of drug-likeness (QED) is 0.118. The molecular weight excluding hydrogens is 919 g/mol. The lowest BCUT2D eigenvalue weighted by atomic mass is 9.67. The molecule has 3 atom stereocenters. The Labute approximate surface area is 418 Å². The lowest BCUT2D eigenvalue weighted by molar-refractivity contribution is -0.136. The van der Waals surface area contributed by atoms with Gasteiger partial charge in [-0.15, -0.1) is 0 Å². The predicted molar refractivity (Wildman–Crippen MR) is 270 cm³/mol. The van der Waals surface area contributed by atoms with Crippen molar-refractivity contribution in [1.29, 1.82) is 0 Å². The summed E-state index contributed by atoms with van der Waals surface area (Å²) in [4.78, 5) is 62.9. The van der Waals surface area contributed by atoms with Crippen LogP contribution in [0.5, 0.6) is 11.8 Å². The van der Waals surface area contributed by atoms with Gasteiger partial charge in [-0.1, -0.05) is 13.0 Å². The Morgan fingerprint density at radius 3 is 2.33 bits per heavy atom. The number of imide groups is 1. The third-order valence-corrected chi connectivity index (χ3v) is 17.4. The summed E-state index contributed by atoms with van der Waals surface area (Å²) >= 11 is 0. The first-order valence-corrected chi connectivity index (χ1v) is 26.2. The SMILES string of the molecule is CCc1c(F)ccc2cc(O)cc(-c3ncc4c(N5CC6CCC(C5)N6)nc(OCC5(CN6CC7(CCC(N8CCN(c9ccc(C(=O)N(C)C%10CCC(=O)NC%10=O)cc9)CC8)CC7)C6)CC5)nc4c3F)c12. The molecule has 3 unspecified atom stereocenters. The van der Waals surface area contributed by atoms with Crippen LogP contribution in [0.25, 0.3) is 32.9 Å². The van der Waals surface area contributed by atoms with Gasteiger partial charge >= 0.3 is 6.01 Å². The van der Waals surface area contributed by atoms with Crippen molar-refractivity contribution < 1.29 is 33.0 Å². The van der Waals surface area contributed by atoms with Gasteiger partial charge in [0.2, 0.25) is 11.8 Å². The van der Waals surface area contributed by atoms with Gasteiger partial charge in [-0.3, -0.25) is 29.6 Å². The van der Waals surface area contributed by atoms with E-state index in [1.807, 2.05) is 31.2 Å². The van der Waals surface area contributed by atoms with E-state index in [4.69, 9.17) is 14.7 Å². The monoisotopic (exact) mass is 983 g/mol. The van der Waals surface area contributed by atoms with Crippen molar-refractivity contribution >= 4 is 50.9 Å². The summed E-state index contributed by atoms with van der Waals surface area (Å²) in [6, 6.07) is 14.4. The number of piperazine rings is 2. The number of aromatic nitrogens is 3. The number of ether oxygens (including phenoxy) is 1. The third-order valence-electron chi connectivity index (χ3n) is 17.4. The first-order chi connectivity index (χ1) is 34.8. The van der Waals surface area contributed by atoms with Crippen LogP contribution in [0, 0.1) is 22.5 Å². The number of carbonyl (C=O) groups is 3. The molecule has 5 aromatic rings. The van der Waals surface area contributed by atoms with E-state index in [9.17, 15) is 19.5 Å². The first kappa shape index (κ1) is 47.0. The maximum atomic E-state index is 17.2. The van der Waals surface area contributed by atoms with E-state index in [0.29, 0.717) is 81.7 Å². The molecule has 2 aromatic heterocycles. The number of benzene rings is 3. The number of hydrogen-bond donors (Lipinski definition) is 3. The van der Waals surface area contributed by atoms with Crippen molar-refractivity contribution in [3.8, 4) is 23.0 Å². The van der Waals surface area contributed by atoms with Crippen LogP contribution in [-0.4, -0.2) is 149 Å². The van der Waals surface area contributed by atoms with Crippen LogP contribution in [0.15, 0.2) is 54.7 Å². The van der Waals surface area contributed by atoms with Gasteiger partial charge in [0.05, 0.1) is 12.0 Å². The second-order valence-electron chi connectivity index (χ2n) is 22.1. The van der Waals surface area contributed by atoms with Gasteiger partial charge in [-0.25, -0.2) is 8.78 Å². The van der Waals surface area contributed by atoms with Crippen LogP contribution in [0.2, 0.25) is 0 Å². The Hall–Kier alpha value is -6.04. The summed E-state index contributed by atoms with van der Waals surface area (Å²) < 4.78 is 38.9. The molecule has 7 heterocycles. The first-order valence-electron chi connectivity index (χ1n) is 26.2. The highest BCUT2D eigenvalue weighted by molar-refractivity contribution is 6.04. The Morgan fingerprint density at radius 2 is 1.64 bits per heavy atom. The molecule has 378 valence electrons. The molecule has 15 nitrogen and oxygen atoms in total. The molecule has 17 heteroatoms. The highest BCUT2D eigenvalue weighted by Crippen LogP contribution is 2.51. The van der Waals surface area contributed by atoms with Crippen LogP contribution in [0.3, 0.4) is 0 Å². The Morgan fingerprint density at radius 1 is 0.903 bits per heavy atom. The van der Waals surface area contributed by atoms with Crippen molar-refractivity contribution in [3.05, 3.63) is 77.5 Å². The number of aromatic hydroxyl groups is 1. The number of pyridine rings is 1. The molecule has 7 aliphatic rings. The molecule has 2 aliphatic carbocycles. The number of nitrogens with zero attached hydrogens (tertiary/aromatic N) is 8. The Balaban J connectivity index is 0.668. The maximum absolute atomic E-state index is 17.2. The van der Waals surface area contributed by atoms with Gasteiger partial charge < -0.3 is 34.8 Å². The molecule has 1 spiro atoms. The van der Waals surface area contributed by atoms with Crippen molar-refractivity contribution in [3.63, 3.8) is 0 Å². The number of piperidine rings is 1. The molecule has 7 fully saturated rings. The molecule has 72 heavy (non-hydrogen) atoms. The average molecular weight is 983 g/mol. The van der Waals surface area contributed by atoms with Gasteiger partial charge in [-0.05, 0) is 128 Å². The van der Waals surface area contributed by atoms with Gasteiger partial charge in [0, 0.05) is 119 Å². The number of carbonyl (C=O) groups excluding carboxylic acids is 3. The van der Waals surface area contributed by atoms with E-state index >= 15 is 8.78 Å². The third kappa shape index (κ3) is 8.78. The number of rotatable bonds is 12. The summed E-state index contributed by atoms with van der Waals surface area (Å²) in [5.41, 5.74) is 2.83. The summed E-state index contributed by atoms with van der Waals surface area (Å²) in [7, 11) is 1.62. The summed E-state index contributed by atoms with van der Waals surface area (Å²) in [6.07, 6.45) is 11.7. The molecular formula is C55H64F2N10O5. The molecule has 0 radical (unpaired) electrons. The van der Waals surface area contributed by atoms with Crippen LogP contribution >= 0.6 is 0 Å². The van der Waals surface area contributed by atoms with Gasteiger partial charge in [0.1, 0.15) is 34.6 Å². The number of nitrogens with one attached hydrogen (secondary N) is 2. The Bertz CT molecular complexity index is 2940.